The van der Waals surface area contributed by atoms with E-state index in [1.807, 2.05) is 4.90 Å². The highest BCUT2D eigenvalue weighted by Crippen LogP contribution is 2.22. The molecule has 2 atom stereocenters. The van der Waals surface area contributed by atoms with Crippen LogP contribution in [0.3, 0.4) is 0 Å². The van der Waals surface area contributed by atoms with Gasteiger partial charge in [-0.05, 0) is 68.8 Å². The van der Waals surface area contributed by atoms with Gasteiger partial charge in [0.15, 0.2) is 0 Å². The standard InChI is InChI=1S/C28H36F2N6O3/c1-39-22(16-29)17-36(13-3-2-6-21-9-7-19-5-4-12-31-26(19)34-21)14-11-24(28(37)38)35-27-23-10-8-20(30)15-25(23)32-18-33-27/h7-10,15,18,22,24H,2-6,11-14,16-17H2,1H3,(H,31,34)(H,37,38)(H,32,33,35)/t22-,24+/m1/s1. The Morgan fingerprint density at radius 1 is 1.23 bits per heavy atom. The number of nitrogens with one attached hydrogen (secondary N) is 2. The van der Waals surface area contributed by atoms with E-state index in [-0.39, 0.29) is 6.42 Å². The first kappa shape index (κ1) is 28.6. The number of hydrogen-bond donors (Lipinski definition) is 3. The number of aryl methyl sites for hydroxylation is 2. The van der Waals surface area contributed by atoms with Crippen molar-refractivity contribution in [2.45, 2.75) is 50.7 Å². The van der Waals surface area contributed by atoms with Crippen LogP contribution in [0.1, 0.15) is 36.9 Å². The number of nitrogens with zero attached hydrogens (tertiary/aromatic N) is 4. The summed E-state index contributed by atoms with van der Waals surface area (Å²) >= 11 is 0. The van der Waals surface area contributed by atoms with Crippen LogP contribution in [-0.2, 0) is 22.4 Å². The third kappa shape index (κ3) is 8.03. The molecule has 210 valence electrons. The topological polar surface area (TPSA) is 113 Å². The maximum absolute atomic E-state index is 13.6. The van der Waals surface area contributed by atoms with Gasteiger partial charge in [0.05, 0.1) is 11.6 Å². The van der Waals surface area contributed by atoms with Crippen LogP contribution in [0.4, 0.5) is 20.4 Å². The maximum Gasteiger partial charge on any atom is 0.326 e. The van der Waals surface area contributed by atoms with Gasteiger partial charge in [-0.1, -0.05) is 6.07 Å². The Bertz CT molecular complexity index is 1240. The van der Waals surface area contributed by atoms with Crippen LogP contribution < -0.4 is 10.6 Å². The Hall–Kier alpha value is -3.44. The van der Waals surface area contributed by atoms with Crippen LogP contribution >= 0.6 is 0 Å². The molecule has 0 spiro atoms. The minimum Gasteiger partial charge on any atom is -0.480 e. The number of halogens is 2. The first-order chi connectivity index (χ1) is 19.0. The molecule has 9 nitrogen and oxygen atoms in total. The fraction of sp³-hybridized carbons (Fsp3) is 0.500. The van der Waals surface area contributed by atoms with Crippen LogP contribution in [0.2, 0.25) is 0 Å². The molecule has 0 aliphatic carbocycles. The number of carboxylic acid groups (broad SMARTS) is 1. The fourth-order valence-corrected chi connectivity index (χ4v) is 4.80. The number of benzene rings is 1. The fourth-order valence-electron chi connectivity index (χ4n) is 4.80. The zero-order chi connectivity index (χ0) is 27.6. The average Bonchev–Trinajstić information content (AvgIpc) is 2.95. The van der Waals surface area contributed by atoms with Crippen LogP contribution in [0.5, 0.6) is 0 Å². The molecule has 2 aromatic heterocycles. The lowest BCUT2D eigenvalue weighted by Gasteiger charge is -2.27. The highest BCUT2D eigenvalue weighted by molar-refractivity contribution is 5.90. The van der Waals surface area contributed by atoms with Crippen molar-refractivity contribution in [1.29, 1.82) is 0 Å². The van der Waals surface area contributed by atoms with Crippen molar-refractivity contribution >= 4 is 28.5 Å². The number of anilines is 2. The average molecular weight is 543 g/mol. The zero-order valence-corrected chi connectivity index (χ0v) is 22.2. The number of methoxy groups -OCH3 is 1. The Kier molecular flexibility index (Phi) is 10.3. The highest BCUT2D eigenvalue weighted by atomic mass is 19.1. The van der Waals surface area contributed by atoms with Gasteiger partial charge in [0.2, 0.25) is 0 Å². The van der Waals surface area contributed by atoms with Crippen LogP contribution in [-0.4, -0.2) is 83.0 Å². The van der Waals surface area contributed by atoms with Gasteiger partial charge < -0.3 is 25.4 Å². The van der Waals surface area contributed by atoms with Crippen molar-refractivity contribution in [2.75, 3.05) is 50.6 Å². The number of carboxylic acids is 1. The van der Waals surface area contributed by atoms with E-state index in [4.69, 9.17) is 9.72 Å². The Balaban J connectivity index is 1.35. The molecular formula is C28H36F2N6O3. The van der Waals surface area contributed by atoms with Crippen molar-refractivity contribution in [3.05, 3.63) is 53.7 Å². The molecule has 0 amide bonds. The monoisotopic (exact) mass is 542 g/mol. The minimum atomic E-state index is -1.04. The van der Waals surface area contributed by atoms with Crippen LogP contribution in [0, 0.1) is 5.82 Å². The van der Waals surface area contributed by atoms with Crippen molar-refractivity contribution < 1.29 is 23.4 Å². The van der Waals surface area contributed by atoms with Gasteiger partial charge in [-0.2, -0.15) is 0 Å². The normalized spacial score (nSPS) is 14.6. The molecule has 0 bridgehead atoms. The van der Waals surface area contributed by atoms with Crippen molar-refractivity contribution in [2.24, 2.45) is 0 Å². The second-order valence-electron chi connectivity index (χ2n) is 9.82. The lowest BCUT2D eigenvalue weighted by Crippen LogP contribution is -2.39. The molecule has 3 aromatic rings. The second kappa shape index (κ2) is 14.1. The molecule has 3 N–H and O–H groups in total. The molecule has 3 heterocycles. The van der Waals surface area contributed by atoms with E-state index >= 15 is 0 Å². The minimum absolute atomic E-state index is 0.253. The highest BCUT2D eigenvalue weighted by Gasteiger charge is 2.22. The predicted molar refractivity (Wildman–Crippen MR) is 146 cm³/mol. The summed E-state index contributed by atoms with van der Waals surface area (Å²) in [6, 6.07) is 7.37. The van der Waals surface area contributed by atoms with Crippen LogP contribution in [0.15, 0.2) is 36.7 Å². The van der Waals surface area contributed by atoms with Gasteiger partial charge in [-0.25, -0.2) is 28.5 Å². The van der Waals surface area contributed by atoms with Gasteiger partial charge >= 0.3 is 5.97 Å². The molecule has 0 saturated heterocycles. The molecule has 39 heavy (non-hydrogen) atoms. The predicted octanol–water partition coefficient (Wildman–Crippen LogP) is 4.09. The maximum atomic E-state index is 13.6. The van der Waals surface area contributed by atoms with Crippen molar-refractivity contribution in [3.63, 3.8) is 0 Å². The summed E-state index contributed by atoms with van der Waals surface area (Å²) in [5.74, 6) is -0.161. The van der Waals surface area contributed by atoms with E-state index in [9.17, 15) is 18.7 Å². The zero-order valence-electron chi connectivity index (χ0n) is 22.2. The number of aliphatic carboxylic acids is 1. The quantitative estimate of drug-likeness (QED) is 0.245. The molecule has 1 aliphatic heterocycles. The summed E-state index contributed by atoms with van der Waals surface area (Å²) in [5, 5.41) is 16.8. The molecule has 0 saturated carbocycles. The summed E-state index contributed by atoms with van der Waals surface area (Å²) < 4.78 is 32.3. The molecule has 0 radical (unpaired) electrons. The number of alkyl halides is 1. The number of rotatable bonds is 15. The van der Waals surface area contributed by atoms with E-state index in [2.05, 4.69) is 32.7 Å². The van der Waals surface area contributed by atoms with Gasteiger partial charge in [0.1, 0.15) is 36.5 Å². The van der Waals surface area contributed by atoms with E-state index in [0.29, 0.717) is 36.4 Å². The Morgan fingerprint density at radius 2 is 2.10 bits per heavy atom. The molecule has 0 unspecified atom stereocenters. The Morgan fingerprint density at radius 3 is 2.90 bits per heavy atom. The summed E-state index contributed by atoms with van der Waals surface area (Å²) in [5.41, 5.74) is 2.69. The van der Waals surface area contributed by atoms with E-state index in [1.165, 1.54) is 37.2 Å². The van der Waals surface area contributed by atoms with E-state index in [1.54, 1.807) is 0 Å². The van der Waals surface area contributed by atoms with E-state index < -0.39 is 30.6 Å². The molecule has 4 rings (SSSR count). The lowest BCUT2D eigenvalue weighted by atomic mass is 10.1. The summed E-state index contributed by atoms with van der Waals surface area (Å²) in [4.78, 5) is 27.1. The number of pyridine rings is 1. The van der Waals surface area contributed by atoms with Gasteiger partial charge in [0.25, 0.3) is 0 Å². The molecule has 0 fully saturated rings. The van der Waals surface area contributed by atoms with Gasteiger partial charge in [-0.3, -0.25) is 0 Å². The lowest BCUT2D eigenvalue weighted by molar-refractivity contribution is -0.138. The number of fused-ring (bicyclic) bond motifs is 2. The molecule has 1 aromatic carbocycles. The number of ether oxygens (including phenoxy) is 1. The second-order valence-corrected chi connectivity index (χ2v) is 9.82. The number of aromatic nitrogens is 3. The number of hydrogen-bond acceptors (Lipinski definition) is 8. The van der Waals surface area contributed by atoms with E-state index in [0.717, 1.165) is 50.2 Å². The SMILES string of the molecule is CO[C@H](CF)CN(CCCCc1ccc2c(n1)NCCC2)CC[C@H](Nc1ncnc2cc(F)ccc12)C(=O)O. The first-order valence-corrected chi connectivity index (χ1v) is 13.4. The smallest absolute Gasteiger partial charge is 0.326 e. The van der Waals surface area contributed by atoms with Gasteiger partial charge in [0, 0.05) is 43.9 Å². The first-order valence-electron chi connectivity index (χ1n) is 13.4. The third-order valence-electron chi connectivity index (χ3n) is 7.02. The Labute approximate surface area is 227 Å². The number of carbonyl (C=O) groups is 1. The molecule has 11 heteroatoms. The largest absolute Gasteiger partial charge is 0.480 e. The van der Waals surface area contributed by atoms with Crippen molar-refractivity contribution in [1.82, 2.24) is 19.9 Å². The number of unbranched alkanes of at least 4 members (excludes halogenated alkanes) is 1. The molecular weight excluding hydrogens is 506 g/mol. The van der Waals surface area contributed by atoms with Crippen LogP contribution in [0.25, 0.3) is 10.9 Å². The van der Waals surface area contributed by atoms with Crippen molar-refractivity contribution in [3.8, 4) is 0 Å². The van der Waals surface area contributed by atoms with Gasteiger partial charge in [-0.15, -0.1) is 0 Å². The summed E-state index contributed by atoms with van der Waals surface area (Å²) in [7, 11) is 1.48. The summed E-state index contributed by atoms with van der Waals surface area (Å²) in [6.07, 6.45) is 5.70. The summed E-state index contributed by atoms with van der Waals surface area (Å²) in [6.45, 7) is 1.78. The molecule has 1 aliphatic rings. The third-order valence-corrected chi connectivity index (χ3v) is 7.02.